The van der Waals surface area contributed by atoms with E-state index < -0.39 is 0 Å². The largest absolute Gasteiger partial charge is 0.494 e. The molecule has 0 bridgehead atoms. The van der Waals surface area contributed by atoms with Crippen molar-refractivity contribution in [1.82, 2.24) is 5.43 Å². The monoisotopic (exact) mass is 296 g/mol. The maximum atomic E-state index is 13.7. The smallest absolute Gasteiger partial charge is 0.165 e. The summed E-state index contributed by atoms with van der Waals surface area (Å²) in [5.74, 6) is 5.58. The molecule has 1 atom stereocenters. The normalized spacial score (nSPS) is 12.4. The molecule has 0 heterocycles. The van der Waals surface area contributed by atoms with E-state index in [9.17, 15) is 4.39 Å². The van der Waals surface area contributed by atoms with Crippen LogP contribution in [-0.2, 0) is 6.42 Å². The third-order valence-corrected chi connectivity index (χ3v) is 3.84. The van der Waals surface area contributed by atoms with Crippen molar-refractivity contribution in [3.63, 3.8) is 0 Å². The molecule has 1 rings (SSSR count). The molecule has 0 radical (unpaired) electrons. The Morgan fingerprint density at radius 3 is 2.52 bits per heavy atom. The van der Waals surface area contributed by atoms with Gasteiger partial charge in [0.05, 0.1) is 7.11 Å². The van der Waals surface area contributed by atoms with Crippen molar-refractivity contribution in [2.75, 3.05) is 7.11 Å². The van der Waals surface area contributed by atoms with E-state index in [0.29, 0.717) is 0 Å². The van der Waals surface area contributed by atoms with E-state index in [0.717, 1.165) is 24.8 Å². The zero-order valence-electron chi connectivity index (χ0n) is 13.3. The van der Waals surface area contributed by atoms with Gasteiger partial charge in [-0.2, -0.15) is 0 Å². The lowest BCUT2D eigenvalue weighted by atomic mass is 10.00. The maximum absolute atomic E-state index is 13.7. The molecule has 21 heavy (non-hydrogen) atoms. The van der Waals surface area contributed by atoms with Crippen molar-refractivity contribution < 1.29 is 9.13 Å². The van der Waals surface area contributed by atoms with Gasteiger partial charge in [0.25, 0.3) is 0 Å². The number of ether oxygens (including phenoxy) is 1. The van der Waals surface area contributed by atoms with E-state index in [1.165, 1.54) is 45.3 Å². The predicted molar refractivity (Wildman–Crippen MR) is 85.8 cm³/mol. The average molecular weight is 296 g/mol. The lowest BCUT2D eigenvalue weighted by molar-refractivity contribution is 0.385. The number of nitrogens with one attached hydrogen (secondary N) is 1. The van der Waals surface area contributed by atoms with Gasteiger partial charge in [-0.15, -0.1) is 0 Å². The summed E-state index contributed by atoms with van der Waals surface area (Å²) in [6.45, 7) is 2.22. The van der Waals surface area contributed by atoms with Crippen LogP contribution in [0.15, 0.2) is 18.2 Å². The van der Waals surface area contributed by atoms with Crippen LogP contribution in [0, 0.1) is 5.82 Å². The Morgan fingerprint density at radius 2 is 1.90 bits per heavy atom. The lowest BCUT2D eigenvalue weighted by Crippen LogP contribution is -2.36. The fourth-order valence-corrected chi connectivity index (χ4v) is 2.54. The minimum Gasteiger partial charge on any atom is -0.494 e. The van der Waals surface area contributed by atoms with E-state index in [1.54, 1.807) is 6.07 Å². The Hall–Kier alpha value is -1.13. The number of benzene rings is 1. The van der Waals surface area contributed by atoms with Gasteiger partial charge in [-0.3, -0.25) is 11.3 Å². The highest BCUT2D eigenvalue weighted by molar-refractivity contribution is 5.29. The van der Waals surface area contributed by atoms with Crippen LogP contribution in [0.3, 0.4) is 0 Å². The van der Waals surface area contributed by atoms with E-state index >= 15 is 0 Å². The number of hydrogen-bond acceptors (Lipinski definition) is 3. The van der Waals surface area contributed by atoms with Gasteiger partial charge in [-0.1, -0.05) is 51.5 Å². The van der Waals surface area contributed by atoms with Crippen molar-refractivity contribution >= 4 is 0 Å². The molecule has 0 saturated heterocycles. The van der Waals surface area contributed by atoms with Crippen molar-refractivity contribution in [2.24, 2.45) is 5.84 Å². The zero-order valence-corrected chi connectivity index (χ0v) is 13.3. The summed E-state index contributed by atoms with van der Waals surface area (Å²) < 4.78 is 18.6. The molecule has 120 valence electrons. The van der Waals surface area contributed by atoms with Crippen LogP contribution in [0.2, 0.25) is 0 Å². The predicted octanol–water partition coefficient (Wildman–Crippen LogP) is 3.96. The molecular weight excluding hydrogens is 267 g/mol. The SMILES string of the molecule is CCCCCCCCC(Cc1ccc(OC)c(F)c1)NN. The number of rotatable bonds is 11. The fourth-order valence-electron chi connectivity index (χ4n) is 2.54. The van der Waals surface area contributed by atoms with Crippen LogP contribution in [0.5, 0.6) is 5.75 Å². The summed E-state index contributed by atoms with van der Waals surface area (Å²) in [4.78, 5) is 0. The molecule has 1 aromatic rings. The highest BCUT2D eigenvalue weighted by Gasteiger charge is 2.10. The van der Waals surface area contributed by atoms with Crippen LogP contribution >= 0.6 is 0 Å². The van der Waals surface area contributed by atoms with Gasteiger partial charge in [-0.25, -0.2) is 4.39 Å². The summed E-state index contributed by atoms with van der Waals surface area (Å²) in [6, 6.07) is 5.30. The van der Waals surface area contributed by atoms with Gasteiger partial charge in [0, 0.05) is 6.04 Å². The van der Waals surface area contributed by atoms with E-state index in [2.05, 4.69) is 12.3 Å². The number of hydrazine groups is 1. The van der Waals surface area contributed by atoms with Crippen LogP contribution in [0.4, 0.5) is 4.39 Å². The first-order valence-corrected chi connectivity index (χ1v) is 7.99. The third-order valence-electron chi connectivity index (χ3n) is 3.84. The number of unbranched alkanes of at least 4 members (excludes halogenated alkanes) is 5. The molecule has 0 fully saturated rings. The number of nitrogens with two attached hydrogens (primary N) is 1. The zero-order chi connectivity index (χ0) is 15.5. The van der Waals surface area contributed by atoms with Gasteiger partial charge < -0.3 is 4.74 Å². The standard InChI is InChI=1S/C17H29FN2O/c1-3-4-5-6-7-8-9-15(20-19)12-14-10-11-17(21-2)16(18)13-14/h10-11,13,15,20H,3-9,12,19H2,1-2H3. The Morgan fingerprint density at radius 1 is 1.19 bits per heavy atom. The second-order valence-corrected chi connectivity index (χ2v) is 5.59. The molecule has 1 unspecified atom stereocenters. The molecule has 0 saturated carbocycles. The highest BCUT2D eigenvalue weighted by atomic mass is 19.1. The van der Waals surface area contributed by atoms with Gasteiger partial charge in [-0.05, 0) is 30.5 Å². The summed E-state index contributed by atoms with van der Waals surface area (Å²) in [5, 5.41) is 0. The van der Waals surface area contributed by atoms with Gasteiger partial charge in [0.1, 0.15) is 0 Å². The van der Waals surface area contributed by atoms with Crippen molar-refractivity contribution in [3.8, 4) is 5.75 Å². The summed E-state index contributed by atoms with van der Waals surface area (Å²) in [6.07, 6.45) is 9.39. The maximum Gasteiger partial charge on any atom is 0.165 e. The Balaban J connectivity index is 2.34. The first-order valence-electron chi connectivity index (χ1n) is 7.99. The molecule has 0 aromatic heterocycles. The number of hydrogen-bond donors (Lipinski definition) is 2. The second kappa shape index (κ2) is 10.6. The molecule has 0 aliphatic rings. The second-order valence-electron chi connectivity index (χ2n) is 5.59. The molecule has 0 aliphatic carbocycles. The molecule has 1 aromatic carbocycles. The Bertz CT molecular complexity index is 398. The molecule has 3 nitrogen and oxygen atoms in total. The molecule has 4 heteroatoms. The fraction of sp³-hybridized carbons (Fsp3) is 0.647. The van der Waals surface area contributed by atoms with E-state index in [1.807, 2.05) is 6.07 Å². The molecule has 0 amide bonds. The first-order chi connectivity index (χ1) is 10.2. The van der Waals surface area contributed by atoms with Crippen LogP contribution < -0.4 is 16.0 Å². The van der Waals surface area contributed by atoms with Gasteiger partial charge >= 0.3 is 0 Å². The van der Waals surface area contributed by atoms with Crippen molar-refractivity contribution in [1.29, 1.82) is 0 Å². The molecule has 0 spiro atoms. The number of halogens is 1. The van der Waals surface area contributed by atoms with Gasteiger partial charge in [0.2, 0.25) is 0 Å². The number of methoxy groups -OCH3 is 1. The van der Waals surface area contributed by atoms with Crippen LogP contribution in [0.25, 0.3) is 0 Å². The molecule has 3 N–H and O–H groups in total. The van der Waals surface area contributed by atoms with E-state index in [-0.39, 0.29) is 17.6 Å². The van der Waals surface area contributed by atoms with Crippen LogP contribution in [-0.4, -0.2) is 13.2 Å². The first kappa shape index (κ1) is 17.9. The molecular formula is C17H29FN2O. The highest BCUT2D eigenvalue weighted by Crippen LogP contribution is 2.19. The van der Waals surface area contributed by atoms with Crippen molar-refractivity contribution in [2.45, 2.75) is 64.3 Å². The molecule has 0 aliphatic heterocycles. The topological polar surface area (TPSA) is 47.3 Å². The Kier molecular flexibility index (Phi) is 9.02. The summed E-state index contributed by atoms with van der Waals surface area (Å²) >= 11 is 0. The summed E-state index contributed by atoms with van der Waals surface area (Å²) in [7, 11) is 1.47. The minimum atomic E-state index is -0.315. The summed E-state index contributed by atoms with van der Waals surface area (Å²) in [5.41, 5.74) is 3.79. The quantitative estimate of drug-likeness (QED) is 0.369. The Labute approximate surface area is 128 Å². The lowest BCUT2D eigenvalue weighted by Gasteiger charge is -2.16. The average Bonchev–Trinajstić information content (AvgIpc) is 2.49. The van der Waals surface area contributed by atoms with Gasteiger partial charge in [0.15, 0.2) is 11.6 Å². The van der Waals surface area contributed by atoms with E-state index in [4.69, 9.17) is 10.6 Å². The third kappa shape index (κ3) is 6.91. The minimum absolute atomic E-state index is 0.198. The van der Waals surface area contributed by atoms with Crippen LogP contribution in [0.1, 0.15) is 57.4 Å². The van der Waals surface area contributed by atoms with Crippen molar-refractivity contribution in [3.05, 3.63) is 29.6 Å².